The van der Waals surface area contributed by atoms with Crippen molar-refractivity contribution < 1.29 is 129 Å². The summed E-state index contributed by atoms with van der Waals surface area (Å²) in [7, 11) is 0. The lowest BCUT2D eigenvalue weighted by molar-refractivity contribution is -0.386. The van der Waals surface area contributed by atoms with Crippen LogP contribution in [0.5, 0.6) is 34.5 Å². The molecule has 0 radical (unpaired) electrons. The number of hydrogen-bond acceptors (Lipinski definition) is 27. The van der Waals surface area contributed by atoms with Crippen molar-refractivity contribution in [1.82, 2.24) is 0 Å². The smallest absolute Gasteiger partial charge is 0.239 e. The Morgan fingerprint density at radius 2 is 1.00 bits per heavy atom. The van der Waals surface area contributed by atoms with E-state index in [9.17, 15) is 91.6 Å². The summed E-state index contributed by atoms with van der Waals surface area (Å²) in [5.74, 6) is -5.51. The summed E-state index contributed by atoms with van der Waals surface area (Å²) in [6, 6.07) is 3.44. The molecular formula is C39H50O27. The normalized spacial score (nSPS) is 39.8. The summed E-state index contributed by atoms with van der Waals surface area (Å²) in [5, 5.41) is 178. The number of aliphatic hydroxyl groups excluding tert-OH is 12. The number of aliphatic hydroxyl groups is 12. The Morgan fingerprint density at radius 1 is 0.515 bits per heavy atom. The van der Waals surface area contributed by atoms with E-state index in [-0.39, 0.29) is 5.56 Å². The highest BCUT2D eigenvalue weighted by atomic mass is 16.8. The average Bonchev–Trinajstić information content (AvgIpc) is 3.28. The highest BCUT2D eigenvalue weighted by molar-refractivity contribution is 5.88. The molecule has 27 nitrogen and oxygen atoms in total. The van der Waals surface area contributed by atoms with Gasteiger partial charge in [-0.1, -0.05) is 0 Å². The Labute approximate surface area is 369 Å². The van der Waals surface area contributed by atoms with Crippen LogP contribution in [0.3, 0.4) is 0 Å². The number of aromatic hydroxyl groups is 5. The van der Waals surface area contributed by atoms with E-state index in [1.165, 1.54) is 6.92 Å². The monoisotopic (exact) mass is 950 g/mol. The van der Waals surface area contributed by atoms with Gasteiger partial charge in [-0.25, -0.2) is 0 Å². The van der Waals surface area contributed by atoms with Gasteiger partial charge in [0.25, 0.3) is 0 Å². The van der Waals surface area contributed by atoms with E-state index in [0.717, 1.165) is 24.3 Å². The molecule has 20 atom stereocenters. The van der Waals surface area contributed by atoms with E-state index >= 15 is 0 Å². The quantitative estimate of drug-likeness (QED) is 0.0751. The Kier molecular flexibility index (Phi) is 14.8. The maximum atomic E-state index is 13.9. The van der Waals surface area contributed by atoms with E-state index in [1.807, 2.05) is 0 Å². The highest BCUT2D eigenvalue weighted by Gasteiger charge is 2.55. The Bertz CT molecular complexity index is 2200. The molecule has 0 saturated carbocycles. The summed E-state index contributed by atoms with van der Waals surface area (Å²) in [6.07, 6.45) is -37.4. The molecule has 17 N–H and O–H groups in total. The second kappa shape index (κ2) is 19.7. The third-order valence-corrected chi connectivity index (χ3v) is 11.6. The Hall–Kier alpha value is -4.31. The summed E-state index contributed by atoms with van der Waals surface area (Å²) in [4.78, 5) is 13.9. The summed E-state index contributed by atoms with van der Waals surface area (Å²) < 4.78 is 50.7. The largest absolute Gasteiger partial charge is 0.508 e. The Balaban J connectivity index is 1.08. The SMILES string of the molecule is C[C@@H]1O[C@@H](Oc2c(-c3cc(O)c(O)c(O)c3)oc3cc(O)cc(O)c3c2=O)[C@H](O)[C@H](O[C@H]2O[C@H](CO)[C@@H](O[C@H]3O[C@H](CO)[C@@H](O[C@H]4O[C@H](CO)[C@@H](O)[C@H](O)[C@H]4O)[C@H](O)[C@H]3O)[C@H](O)[C@H]2O)[C@H]1O. The van der Waals surface area contributed by atoms with Crippen molar-refractivity contribution in [3.63, 3.8) is 0 Å². The lowest BCUT2D eigenvalue weighted by Crippen LogP contribution is -2.67. The minimum absolute atomic E-state index is 0.320. The first-order valence-corrected chi connectivity index (χ1v) is 20.2. The second-order valence-electron chi connectivity index (χ2n) is 16.0. The van der Waals surface area contributed by atoms with Crippen LogP contribution in [0, 0.1) is 0 Å². The third-order valence-electron chi connectivity index (χ3n) is 11.6. The number of hydrogen-bond donors (Lipinski definition) is 17. The maximum Gasteiger partial charge on any atom is 0.239 e. The fourth-order valence-electron chi connectivity index (χ4n) is 7.98. The van der Waals surface area contributed by atoms with Gasteiger partial charge in [0.1, 0.15) is 114 Å². The molecule has 27 heteroatoms. The lowest BCUT2D eigenvalue weighted by atomic mass is 9.95. The van der Waals surface area contributed by atoms with Gasteiger partial charge < -0.3 is 129 Å². The van der Waals surface area contributed by atoms with E-state index < -0.39 is 199 Å². The van der Waals surface area contributed by atoms with Crippen molar-refractivity contribution in [3.05, 3.63) is 34.5 Å². The molecule has 4 fully saturated rings. The van der Waals surface area contributed by atoms with Crippen LogP contribution >= 0.6 is 0 Å². The fourth-order valence-corrected chi connectivity index (χ4v) is 7.98. The molecule has 5 heterocycles. The zero-order valence-corrected chi connectivity index (χ0v) is 34.2. The van der Waals surface area contributed by atoms with Crippen LogP contribution in [0.1, 0.15) is 6.92 Å². The van der Waals surface area contributed by atoms with Gasteiger partial charge in [-0.05, 0) is 19.1 Å². The molecule has 4 aliphatic rings. The number of rotatable bonds is 12. The van der Waals surface area contributed by atoms with Crippen molar-refractivity contribution in [2.75, 3.05) is 19.8 Å². The summed E-state index contributed by atoms with van der Waals surface area (Å²) >= 11 is 0. The maximum absolute atomic E-state index is 13.9. The zero-order chi connectivity index (χ0) is 48.2. The molecule has 2 aromatic carbocycles. The van der Waals surface area contributed by atoms with Gasteiger partial charge in [0.05, 0.1) is 25.9 Å². The first-order valence-electron chi connectivity index (χ1n) is 20.2. The molecule has 0 spiro atoms. The van der Waals surface area contributed by atoms with Gasteiger partial charge in [-0.15, -0.1) is 0 Å². The number of fused-ring (bicyclic) bond motifs is 1. The number of ether oxygens (including phenoxy) is 8. The van der Waals surface area contributed by atoms with Gasteiger partial charge in [-0.3, -0.25) is 4.79 Å². The molecule has 0 bridgehead atoms. The topological polar surface area (TPSA) is 448 Å². The molecule has 4 saturated heterocycles. The molecule has 0 aliphatic carbocycles. The average molecular weight is 951 g/mol. The molecule has 0 unspecified atom stereocenters. The van der Waals surface area contributed by atoms with Crippen LogP contribution in [-0.4, -0.2) is 229 Å². The first-order chi connectivity index (χ1) is 31.2. The van der Waals surface area contributed by atoms with Gasteiger partial charge in [0.15, 0.2) is 41.9 Å². The van der Waals surface area contributed by atoms with Crippen molar-refractivity contribution in [3.8, 4) is 45.8 Å². The molecule has 1 aromatic heterocycles. The van der Waals surface area contributed by atoms with Crippen molar-refractivity contribution in [1.29, 1.82) is 0 Å². The number of benzene rings is 2. The predicted octanol–water partition coefficient (Wildman–Crippen LogP) is -6.33. The summed E-state index contributed by atoms with van der Waals surface area (Å²) in [6.45, 7) is -1.53. The summed E-state index contributed by atoms with van der Waals surface area (Å²) in [5.41, 5.74) is -1.90. The van der Waals surface area contributed by atoms with Crippen molar-refractivity contribution in [2.45, 2.75) is 130 Å². The Morgan fingerprint density at radius 3 is 1.52 bits per heavy atom. The van der Waals surface area contributed by atoms with Crippen molar-refractivity contribution in [2.24, 2.45) is 0 Å². The standard InChI is InChI=1S/C39H50O27/c1-9-20(47)34(30(57)39(58-9)66-35-23(50)19-12(44)4-11(43)5-15(19)59-31(35)10-2-13(45)21(48)14(46)3-10)65-38-29(56)26(53)33(18(8-42)62-38)64-37-28(55)25(52)32(17(7-41)61-37)63-36-27(54)24(51)22(49)16(6-40)60-36/h2-5,9,16-18,20,22,24-30,32-34,36-49,51-57H,6-8H2,1H3/t9-,16+,17+,18+,20-,22+,24-,25+,26+,27+,28+,29+,30+,32+,33+,34+,36+,37+,38+,39-/m0/s1. The van der Waals surface area contributed by atoms with Crippen LogP contribution in [-0.2, 0) is 33.2 Å². The van der Waals surface area contributed by atoms with Crippen LogP contribution in [0.4, 0.5) is 0 Å². The molecule has 0 amide bonds. The number of phenols is 5. The molecule has 4 aliphatic heterocycles. The second-order valence-corrected chi connectivity index (χ2v) is 16.0. The number of phenolic OH excluding ortho intramolecular Hbond substituents is 5. The first kappa shape index (κ1) is 49.6. The van der Waals surface area contributed by atoms with E-state index in [2.05, 4.69) is 0 Å². The molecular weight excluding hydrogens is 900 g/mol. The predicted molar refractivity (Wildman–Crippen MR) is 207 cm³/mol. The van der Waals surface area contributed by atoms with Crippen molar-refractivity contribution >= 4 is 11.0 Å². The molecule has 3 aromatic rings. The van der Waals surface area contributed by atoms with Gasteiger partial charge in [-0.2, -0.15) is 0 Å². The van der Waals surface area contributed by atoms with Crippen LogP contribution in [0.25, 0.3) is 22.3 Å². The van der Waals surface area contributed by atoms with Gasteiger partial charge in [0, 0.05) is 17.7 Å². The van der Waals surface area contributed by atoms with Crippen LogP contribution in [0.2, 0.25) is 0 Å². The molecule has 66 heavy (non-hydrogen) atoms. The van der Waals surface area contributed by atoms with E-state index in [4.69, 9.17) is 42.3 Å². The van der Waals surface area contributed by atoms with Crippen LogP contribution < -0.4 is 10.2 Å². The zero-order valence-electron chi connectivity index (χ0n) is 34.2. The minimum atomic E-state index is -2.18. The minimum Gasteiger partial charge on any atom is -0.508 e. The third kappa shape index (κ3) is 9.18. The lowest BCUT2D eigenvalue weighted by Gasteiger charge is -2.49. The highest BCUT2D eigenvalue weighted by Crippen LogP contribution is 2.43. The molecule has 368 valence electrons. The molecule has 7 rings (SSSR count). The fraction of sp³-hybridized carbons (Fsp3) is 0.615. The van der Waals surface area contributed by atoms with Gasteiger partial charge >= 0.3 is 0 Å². The van der Waals surface area contributed by atoms with Crippen LogP contribution in [0.15, 0.2) is 33.5 Å². The van der Waals surface area contributed by atoms with E-state index in [1.54, 1.807) is 0 Å². The van der Waals surface area contributed by atoms with E-state index in [0.29, 0.717) is 0 Å². The van der Waals surface area contributed by atoms with Gasteiger partial charge in [0.2, 0.25) is 17.5 Å².